The number of aliphatic imine (C=N–C) groups is 3. The van der Waals surface area contributed by atoms with Crippen molar-refractivity contribution in [3.8, 4) is 22.4 Å². The number of nitrogens with zero attached hydrogens (tertiary/aromatic N) is 6. The molecule has 4 aromatic carbocycles. The summed E-state index contributed by atoms with van der Waals surface area (Å²) in [7, 11) is 0. The first kappa shape index (κ1) is 27.7. The Morgan fingerprint density at radius 1 is 0.622 bits per heavy atom. The van der Waals surface area contributed by atoms with Crippen molar-refractivity contribution in [3.63, 3.8) is 0 Å². The van der Waals surface area contributed by atoms with Gasteiger partial charge in [0.1, 0.15) is 0 Å². The highest BCUT2D eigenvalue weighted by molar-refractivity contribution is 6.14. The first-order valence-electron chi connectivity index (χ1n) is 14.6. The molecule has 7 rings (SSSR count). The van der Waals surface area contributed by atoms with Gasteiger partial charge in [-0.05, 0) is 70.6 Å². The Bertz CT molecular complexity index is 2170. The Labute approximate surface area is 261 Å². The quantitative estimate of drug-likeness (QED) is 0.112. The summed E-state index contributed by atoms with van der Waals surface area (Å²) in [4.78, 5) is 27.3. The van der Waals surface area contributed by atoms with Crippen molar-refractivity contribution in [3.05, 3.63) is 163 Å². The average Bonchev–Trinajstić information content (AvgIpc) is 3.12. The maximum atomic E-state index is 5.14. The van der Waals surface area contributed by atoms with Crippen molar-refractivity contribution < 1.29 is 0 Å². The lowest BCUT2D eigenvalue weighted by Crippen LogP contribution is -2.05. The molecular formula is C39H28N6. The summed E-state index contributed by atoms with van der Waals surface area (Å²) >= 11 is 0. The second-order valence-corrected chi connectivity index (χ2v) is 10.5. The molecular weight excluding hydrogens is 552 g/mol. The van der Waals surface area contributed by atoms with E-state index in [1.54, 1.807) is 24.8 Å². The molecule has 0 saturated heterocycles. The maximum Gasteiger partial charge on any atom is 0.161 e. The number of fused-ring (bicyclic) bond motifs is 3. The predicted octanol–water partition coefficient (Wildman–Crippen LogP) is 8.61. The number of pyridine rings is 3. The Morgan fingerprint density at radius 2 is 1.31 bits per heavy atom. The van der Waals surface area contributed by atoms with Crippen LogP contribution >= 0.6 is 0 Å². The molecule has 0 spiro atoms. The van der Waals surface area contributed by atoms with Crippen molar-refractivity contribution in [1.82, 2.24) is 15.0 Å². The van der Waals surface area contributed by atoms with Gasteiger partial charge in [0.05, 0.1) is 17.8 Å². The normalized spacial score (nSPS) is 12.0. The molecule has 0 atom stereocenters. The molecule has 6 nitrogen and oxygen atoms in total. The molecule has 3 aromatic heterocycles. The summed E-state index contributed by atoms with van der Waals surface area (Å²) in [5.74, 6) is 1.03. The van der Waals surface area contributed by atoms with Gasteiger partial charge in [-0.25, -0.2) is 15.0 Å². The molecule has 45 heavy (non-hydrogen) atoms. The third-order valence-electron chi connectivity index (χ3n) is 7.68. The van der Waals surface area contributed by atoms with Crippen LogP contribution < -0.4 is 0 Å². The lowest BCUT2D eigenvalue weighted by molar-refractivity contribution is 1.05. The van der Waals surface area contributed by atoms with E-state index in [0.29, 0.717) is 18.2 Å². The molecule has 0 amide bonds. The van der Waals surface area contributed by atoms with Crippen LogP contribution in [0, 0.1) is 0 Å². The standard InChI is InChI=1S/C39H28N6/c1-40-38(32-19-23-42-24-20-32)45-39(43-26-27-17-21-41-22-18-27)31-13-11-30(12-14-31)36-25-34(28-7-3-2-4-8-28)37-33-10-6-5-9-29(33)15-16-35(37)44-36/h2-25H,1,26H2/b43-39-,45-38-. The van der Waals surface area contributed by atoms with Gasteiger partial charge in [0.25, 0.3) is 0 Å². The molecule has 6 heteroatoms. The van der Waals surface area contributed by atoms with Crippen LogP contribution in [0.1, 0.15) is 16.7 Å². The van der Waals surface area contributed by atoms with Gasteiger partial charge in [-0.15, -0.1) is 0 Å². The van der Waals surface area contributed by atoms with E-state index in [4.69, 9.17) is 15.0 Å². The average molecular weight is 581 g/mol. The van der Waals surface area contributed by atoms with Gasteiger partial charge in [0.2, 0.25) is 0 Å². The Kier molecular flexibility index (Phi) is 7.76. The molecule has 0 fully saturated rings. The van der Waals surface area contributed by atoms with Crippen LogP contribution in [-0.2, 0) is 6.54 Å². The van der Waals surface area contributed by atoms with E-state index in [0.717, 1.165) is 50.0 Å². The van der Waals surface area contributed by atoms with Crippen molar-refractivity contribution >= 4 is 40.1 Å². The zero-order valence-corrected chi connectivity index (χ0v) is 24.5. The minimum Gasteiger partial charge on any atom is -0.265 e. The first-order valence-corrected chi connectivity index (χ1v) is 14.6. The minimum atomic E-state index is 0.449. The van der Waals surface area contributed by atoms with E-state index < -0.39 is 0 Å². The van der Waals surface area contributed by atoms with E-state index in [2.05, 4.69) is 101 Å². The molecule has 214 valence electrons. The van der Waals surface area contributed by atoms with Crippen LogP contribution in [0.25, 0.3) is 44.1 Å². The number of hydrogen-bond acceptors (Lipinski definition) is 4. The monoisotopic (exact) mass is 580 g/mol. The summed E-state index contributed by atoms with van der Waals surface area (Å²) in [6.45, 7) is 4.21. The van der Waals surface area contributed by atoms with Crippen LogP contribution in [0.15, 0.2) is 161 Å². The SMILES string of the molecule is C=N/C(=N\C(=N/Cc1ccncc1)c1ccc(-c2cc(-c3ccccc3)c3c(ccc4ccccc43)n2)cc1)c1ccncc1. The van der Waals surface area contributed by atoms with Crippen LogP contribution in [0.3, 0.4) is 0 Å². The summed E-state index contributed by atoms with van der Waals surface area (Å²) < 4.78 is 0. The highest BCUT2D eigenvalue weighted by Gasteiger charge is 2.14. The van der Waals surface area contributed by atoms with Gasteiger partial charge in [-0.1, -0.05) is 84.9 Å². The van der Waals surface area contributed by atoms with Gasteiger partial charge in [0.15, 0.2) is 11.7 Å². The first-order chi connectivity index (χ1) is 22.3. The zero-order chi connectivity index (χ0) is 30.4. The van der Waals surface area contributed by atoms with Gasteiger partial charge in [-0.2, -0.15) is 0 Å². The van der Waals surface area contributed by atoms with E-state index in [9.17, 15) is 0 Å². The second-order valence-electron chi connectivity index (χ2n) is 10.5. The van der Waals surface area contributed by atoms with Gasteiger partial charge < -0.3 is 0 Å². The van der Waals surface area contributed by atoms with Crippen LogP contribution in [-0.4, -0.2) is 33.3 Å². The highest BCUT2D eigenvalue weighted by atomic mass is 15.0. The van der Waals surface area contributed by atoms with Crippen LogP contribution in [0.2, 0.25) is 0 Å². The third kappa shape index (κ3) is 5.90. The number of rotatable bonds is 6. The molecule has 7 aromatic rings. The maximum absolute atomic E-state index is 5.14. The molecule has 0 N–H and O–H groups in total. The molecule has 3 heterocycles. The summed E-state index contributed by atoms with van der Waals surface area (Å²) in [6, 6.07) is 41.3. The number of aromatic nitrogens is 3. The van der Waals surface area contributed by atoms with Gasteiger partial charge >= 0.3 is 0 Å². The summed E-state index contributed by atoms with van der Waals surface area (Å²) in [6.07, 6.45) is 6.95. The topological polar surface area (TPSA) is 75.8 Å². The van der Waals surface area contributed by atoms with Gasteiger partial charge in [-0.3, -0.25) is 15.0 Å². The predicted molar refractivity (Wildman–Crippen MR) is 185 cm³/mol. The fraction of sp³-hybridized carbons (Fsp3) is 0.0256. The summed E-state index contributed by atoms with van der Waals surface area (Å²) in [5.41, 5.74) is 7.86. The number of hydrogen-bond donors (Lipinski definition) is 0. The van der Waals surface area contributed by atoms with Crippen LogP contribution in [0.4, 0.5) is 0 Å². The smallest absolute Gasteiger partial charge is 0.161 e. The van der Waals surface area contributed by atoms with E-state index in [1.165, 1.54) is 10.8 Å². The minimum absolute atomic E-state index is 0.449. The van der Waals surface area contributed by atoms with E-state index in [-0.39, 0.29) is 0 Å². The van der Waals surface area contributed by atoms with E-state index >= 15 is 0 Å². The summed E-state index contributed by atoms with van der Waals surface area (Å²) in [5, 5.41) is 3.54. The molecule has 0 aliphatic heterocycles. The number of amidine groups is 2. The number of benzene rings is 4. The largest absolute Gasteiger partial charge is 0.265 e. The van der Waals surface area contributed by atoms with Crippen molar-refractivity contribution in [1.29, 1.82) is 0 Å². The Morgan fingerprint density at radius 3 is 2.07 bits per heavy atom. The van der Waals surface area contributed by atoms with Crippen LogP contribution in [0.5, 0.6) is 0 Å². The lowest BCUT2D eigenvalue weighted by Gasteiger charge is -2.13. The zero-order valence-electron chi connectivity index (χ0n) is 24.5. The Hall–Kier alpha value is -6.14. The molecule has 0 radical (unpaired) electrons. The fourth-order valence-corrected chi connectivity index (χ4v) is 5.43. The molecule has 0 aliphatic carbocycles. The fourth-order valence-electron chi connectivity index (χ4n) is 5.43. The van der Waals surface area contributed by atoms with E-state index in [1.807, 2.05) is 42.5 Å². The molecule has 0 aliphatic rings. The van der Waals surface area contributed by atoms with Gasteiger partial charge in [0, 0.05) is 46.9 Å². The Balaban J connectivity index is 1.32. The van der Waals surface area contributed by atoms with Crippen molar-refractivity contribution in [2.45, 2.75) is 6.54 Å². The highest BCUT2D eigenvalue weighted by Crippen LogP contribution is 2.36. The lowest BCUT2D eigenvalue weighted by atomic mass is 9.94. The van der Waals surface area contributed by atoms with Crippen molar-refractivity contribution in [2.75, 3.05) is 0 Å². The molecule has 0 bridgehead atoms. The van der Waals surface area contributed by atoms with Crippen molar-refractivity contribution in [2.24, 2.45) is 15.0 Å². The third-order valence-corrected chi connectivity index (χ3v) is 7.68. The molecule has 0 unspecified atom stereocenters. The molecule has 0 saturated carbocycles. The second kappa shape index (κ2) is 12.6.